The number of carbonyl (C=O) groups excluding carboxylic acids is 1. The molecule has 1 aliphatic carbocycles. The zero-order valence-corrected chi connectivity index (χ0v) is 13.3. The van der Waals surface area contributed by atoms with Crippen LogP contribution in [0.15, 0.2) is 36.5 Å². The first-order chi connectivity index (χ1) is 11.6. The van der Waals surface area contributed by atoms with Gasteiger partial charge in [0, 0.05) is 18.7 Å². The van der Waals surface area contributed by atoms with Crippen molar-refractivity contribution in [3.63, 3.8) is 0 Å². The van der Waals surface area contributed by atoms with Crippen molar-refractivity contribution >= 4 is 5.91 Å². The quantitative estimate of drug-likeness (QED) is 0.884. The molecule has 1 amide bonds. The summed E-state index contributed by atoms with van der Waals surface area (Å²) in [5.74, 6) is 0.343. The molecule has 0 spiro atoms. The van der Waals surface area contributed by atoms with E-state index in [1.165, 1.54) is 37.1 Å². The summed E-state index contributed by atoms with van der Waals surface area (Å²) >= 11 is 0. The maximum atomic E-state index is 12.9. The lowest BCUT2D eigenvalue weighted by Crippen LogP contribution is -2.29. The Labute approximate surface area is 140 Å². The molecule has 1 aromatic carbocycles. The number of hydrogen-bond acceptors (Lipinski definition) is 4. The van der Waals surface area contributed by atoms with Crippen LogP contribution in [-0.4, -0.2) is 27.5 Å². The van der Waals surface area contributed by atoms with Crippen molar-refractivity contribution in [2.45, 2.75) is 37.7 Å². The van der Waals surface area contributed by atoms with Crippen LogP contribution in [0.3, 0.4) is 0 Å². The van der Waals surface area contributed by atoms with E-state index < -0.39 is 6.10 Å². The number of aliphatic hydroxyl groups excluding tert-OH is 1. The number of hydrogen-bond donors (Lipinski definition) is 2. The van der Waals surface area contributed by atoms with Crippen molar-refractivity contribution in [3.05, 3.63) is 59.4 Å². The second-order valence-electron chi connectivity index (χ2n) is 6.06. The minimum atomic E-state index is -0.898. The van der Waals surface area contributed by atoms with Crippen molar-refractivity contribution < 1.29 is 14.3 Å². The average Bonchev–Trinajstić information content (AvgIpc) is 3.15. The number of halogens is 1. The van der Waals surface area contributed by atoms with Crippen LogP contribution in [0.4, 0.5) is 4.39 Å². The number of rotatable bonds is 5. The van der Waals surface area contributed by atoms with Gasteiger partial charge in [0.15, 0.2) is 0 Å². The number of aliphatic hydroxyl groups is 1. The third kappa shape index (κ3) is 3.94. The van der Waals surface area contributed by atoms with Crippen molar-refractivity contribution in [1.29, 1.82) is 0 Å². The minimum Gasteiger partial charge on any atom is -0.387 e. The van der Waals surface area contributed by atoms with Gasteiger partial charge in [-0.3, -0.25) is 4.79 Å². The maximum Gasteiger partial charge on any atom is 0.270 e. The number of amides is 1. The molecule has 1 fully saturated rings. The highest BCUT2D eigenvalue weighted by molar-refractivity contribution is 5.92. The fraction of sp³-hybridized carbons (Fsp3) is 0.389. The van der Waals surface area contributed by atoms with Crippen molar-refractivity contribution in [3.8, 4) is 0 Å². The molecule has 0 aliphatic heterocycles. The first-order valence-electron chi connectivity index (χ1n) is 8.18. The topological polar surface area (TPSA) is 75.1 Å². The number of nitrogens with zero attached hydrogens (tertiary/aromatic N) is 2. The predicted molar refractivity (Wildman–Crippen MR) is 86.9 cm³/mol. The van der Waals surface area contributed by atoms with E-state index in [2.05, 4.69) is 15.3 Å². The largest absolute Gasteiger partial charge is 0.387 e. The summed E-state index contributed by atoms with van der Waals surface area (Å²) in [6.07, 6.45) is 5.18. The van der Waals surface area contributed by atoms with Gasteiger partial charge >= 0.3 is 0 Å². The van der Waals surface area contributed by atoms with Gasteiger partial charge in [0.25, 0.3) is 5.91 Å². The van der Waals surface area contributed by atoms with Crippen LogP contribution < -0.4 is 5.32 Å². The minimum absolute atomic E-state index is 0.0350. The third-order valence-corrected chi connectivity index (χ3v) is 4.34. The van der Waals surface area contributed by atoms with Gasteiger partial charge in [0.05, 0.1) is 6.10 Å². The Kier molecular flexibility index (Phi) is 5.15. The zero-order chi connectivity index (χ0) is 16.9. The van der Waals surface area contributed by atoms with Gasteiger partial charge in [-0.2, -0.15) is 0 Å². The lowest BCUT2D eigenvalue weighted by Gasteiger charge is -2.13. The Hall–Kier alpha value is -2.34. The fourth-order valence-corrected chi connectivity index (χ4v) is 2.96. The van der Waals surface area contributed by atoms with Gasteiger partial charge in [-0.25, -0.2) is 14.4 Å². The van der Waals surface area contributed by atoms with E-state index in [-0.39, 0.29) is 18.3 Å². The molecular formula is C18H20FN3O2. The average molecular weight is 329 g/mol. The summed E-state index contributed by atoms with van der Waals surface area (Å²) in [5.41, 5.74) is 0.851. The van der Waals surface area contributed by atoms with E-state index in [0.29, 0.717) is 17.2 Å². The highest BCUT2D eigenvalue weighted by atomic mass is 19.1. The van der Waals surface area contributed by atoms with Crippen LogP contribution in [0.25, 0.3) is 0 Å². The summed E-state index contributed by atoms with van der Waals surface area (Å²) < 4.78 is 12.9. The van der Waals surface area contributed by atoms with E-state index in [0.717, 1.165) is 18.7 Å². The molecule has 5 nitrogen and oxygen atoms in total. The second kappa shape index (κ2) is 7.49. The Morgan fingerprint density at radius 2 is 1.96 bits per heavy atom. The van der Waals surface area contributed by atoms with E-state index >= 15 is 0 Å². The van der Waals surface area contributed by atoms with E-state index in [1.807, 2.05) is 0 Å². The SMILES string of the molecule is O=C(NCC(O)c1ccc(F)cc1)c1ccnc(C2CCCC2)n1. The van der Waals surface area contributed by atoms with Crippen LogP contribution >= 0.6 is 0 Å². The van der Waals surface area contributed by atoms with Crippen molar-refractivity contribution in [2.75, 3.05) is 6.54 Å². The summed E-state index contributed by atoms with van der Waals surface area (Å²) in [4.78, 5) is 20.9. The number of nitrogens with one attached hydrogen (secondary N) is 1. The van der Waals surface area contributed by atoms with E-state index in [4.69, 9.17) is 0 Å². The molecule has 0 radical (unpaired) electrons. The summed E-state index contributed by atoms with van der Waals surface area (Å²) in [6.45, 7) is 0.0350. The zero-order valence-electron chi connectivity index (χ0n) is 13.3. The summed E-state index contributed by atoms with van der Waals surface area (Å²) in [5, 5.41) is 12.7. The van der Waals surface area contributed by atoms with Crippen LogP contribution in [0.2, 0.25) is 0 Å². The van der Waals surface area contributed by atoms with E-state index in [9.17, 15) is 14.3 Å². The highest BCUT2D eigenvalue weighted by Crippen LogP contribution is 2.31. The number of carbonyl (C=O) groups is 1. The molecule has 126 valence electrons. The standard InChI is InChI=1S/C18H20FN3O2/c19-14-7-5-12(6-8-14)16(23)11-21-18(24)15-9-10-20-17(22-15)13-3-1-2-4-13/h5-10,13,16,23H,1-4,11H2,(H,21,24). The smallest absolute Gasteiger partial charge is 0.270 e. The van der Waals surface area contributed by atoms with Gasteiger partial charge in [0.1, 0.15) is 17.3 Å². The van der Waals surface area contributed by atoms with Crippen molar-refractivity contribution in [2.24, 2.45) is 0 Å². The van der Waals surface area contributed by atoms with Crippen LogP contribution in [0.1, 0.15) is 59.6 Å². The molecule has 0 bridgehead atoms. The van der Waals surface area contributed by atoms with Crippen LogP contribution in [-0.2, 0) is 0 Å². The van der Waals surface area contributed by atoms with Gasteiger partial charge in [-0.05, 0) is 36.6 Å². The van der Waals surface area contributed by atoms with Crippen LogP contribution in [0, 0.1) is 5.82 Å². The molecule has 1 aromatic heterocycles. The first-order valence-corrected chi connectivity index (χ1v) is 8.18. The molecular weight excluding hydrogens is 309 g/mol. The molecule has 3 rings (SSSR count). The molecule has 2 N–H and O–H groups in total. The Balaban J connectivity index is 1.60. The molecule has 0 saturated heterocycles. The Morgan fingerprint density at radius 1 is 1.25 bits per heavy atom. The molecule has 1 atom stereocenters. The van der Waals surface area contributed by atoms with Gasteiger partial charge < -0.3 is 10.4 Å². The summed E-state index contributed by atoms with van der Waals surface area (Å²) in [6, 6.07) is 7.11. The molecule has 1 unspecified atom stereocenters. The van der Waals surface area contributed by atoms with Crippen LogP contribution in [0.5, 0.6) is 0 Å². The van der Waals surface area contributed by atoms with Gasteiger partial charge in [-0.15, -0.1) is 0 Å². The van der Waals surface area contributed by atoms with Gasteiger partial charge in [0.2, 0.25) is 0 Å². The number of aromatic nitrogens is 2. The third-order valence-electron chi connectivity index (χ3n) is 4.34. The second-order valence-corrected chi connectivity index (χ2v) is 6.06. The fourth-order valence-electron chi connectivity index (χ4n) is 2.96. The number of benzene rings is 1. The normalized spacial score (nSPS) is 16.1. The molecule has 1 saturated carbocycles. The monoisotopic (exact) mass is 329 g/mol. The molecule has 1 aliphatic rings. The lowest BCUT2D eigenvalue weighted by atomic mass is 10.1. The van der Waals surface area contributed by atoms with Crippen molar-refractivity contribution in [1.82, 2.24) is 15.3 Å². The predicted octanol–water partition coefficient (Wildman–Crippen LogP) is 2.74. The van der Waals surface area contributed by atoms with Gasteiger partial charge in [-0.1, -0.05) is 25.0 Å². The maximum absolute atomic E-state index is 12.9. The first kappa shape index (κ1) is 16.5. The Morgan fingerprint density at radius 3 is 2.67 bits per heavy atom. The molecule has 24 heavy (non-hydrogen) atoms. The lowest BCUT2D eigenvalue weighted by molar-refractivity contribution is 0.0910. The summed E-state index contributed by atoms with van der Waals surface area (Å²) in [7, 11) is 0. The highest BCUT2D eigenvalue weighted by Gasteiger charge is 2.21. The van der Waals surface area contributed by atoms with E-state index in [1.54, 1.807) is 12.3 Å². The molecule has 2 aromatic rings. The molecule has 1 heterocycles. The Bertz CT molecular complexity index is 700. The molecule has 6 heteroatoms.